The number of anilines is 1. The van der Waals surface area contributed by atoms with Gasteiger partial charge in [0.1, 0.15) is 6.54 Å². The summed E-state index contributed by atoms with van der Waals surface area (Å²) in [5.41, 5.74) is 0.923. The Morgan fingerprint density at radius 2 is 1.87 bits per heavy atom. The molecule has 0 bridgehead atoms. The summed E-state index contributed by atoms with van der Waals surface area (Å²) in [5, 5.41) is 6.30. The van der Waals surface area contributed by atoms with Gasteiger partial charge in [0.05, 0.1) is 5.69 Å². The second kappa shape index (κ2) is 8.47. The first-order valence-electron chi connectivity index (χ1n) is 9.15. The van der Waals surface area contributed by atoms with E-state index >= 15 is 0 Å². The van der Waals surface area contributed by atoms with Gasteiger partial charge in [-0.3, -0.25) is 9.59 Å². The van der Waals surface area contributed by atoms with Crippen LogP contribution in [0.4, 0.5) is 18.9 Å². The number of halogens is 3. The van der Waals surface area contributed by atoms with Crippen molar-refractivity contribution in [3.8, 4) is 0 Å². The first-order valence-corrected chi connectivity index (χ1v) is 9.15. The number of benzene rings is 1. The van der Waals surface area contributed by atoms with Gasteiger partial charge in [0, 0.05) is 17.9 Å². The van der Waals surface area contributed by atoms with Gasteiger partial charge in [0.25, 0.3) is 11.7 Å². The normalized spacial score (nSPS) is 11.0. The van der Waals surface area contributed by atoms with Crippen molar-refractivity contribution < 1.29 is 22.8 Å². The lowest BCUT2D eigenvalue weighted by Crippen LogP contribution is -2.39. The fourth-order valence-electron chi connectivity index (χ4n) is 2.91. The number of hydrogen-bond donors (Lipinski definition) is 1. The van der Waals surface area contributed by atoms with E-state index in [-0.39, 0.29) is 18.1 Å². The van der Waals surface area contributed by atoms with Crippen molar-refractivity contribution in [3.63, 3.8) is 0 Å². The lowest BCUT2D eigenvalue weighted by Gasteiger charge is -2.20. The van der Waals surface area contributed by atoms with Crippen LogP contribution in [0.3, 0.4) is 0 Å². The summed E-state index contributed by atoms with van der Waals surface area (Å²) in [6, 6.07) is 3.38. The third kappa shape index (κ3) is 4.24. The topological polar surface area (TPSA) is 92.5 Å². The number of carbonyl (C=O) groups excluding carboxylic acids is 2. The summed E-state index contributed by atoms with van der Waals surface area (Å²) in [7, 11) is 0. The molecule has 2 heterocycles. The summed E-state index contributed by atoms with van der Waals surface area (Å²) < 4.78 is 41.6. The van der Waals surface area contributed by atoms with E-state index in [1.165, 1.54) is 9.42 Å². The maximum atomic E-state index is 13.8. The SMILES string of the molecule is CCCN(CC(=O)Nc1ccc(F)c(F)c1F)C(=O)c1nc2nc(C)cc(C)n2n1. The van der Waals surface area contributed by atoms with E-state index in [4.69, 9.17) is 0 Å². The molecule has 0 fully saturated rings. The third-order valence-corrected chi connectivity index (χ3v) is 4.23. The van der Waals surface area contributed by atoms with Gasteiger partial charge in [-0.2, -0.15) is 4.98 Å². The molecule has 11 heteroatoms. The minimum Gasteiger partial charge on any atom is -0.327 e. The van der Waals surface area contributed by atoms with Crippen LogP contribution in [-0.4, -0.2) is 49.4 Å². The Balaban J connectivity index is 1.80. The van der Waals surface area contributed by atoms with E-state index in [1.807, 2.05) is 0 Å². The molecule has 8 nitrogen and oxygen atoms in total. The van der Waals surface area contributed by atoms with Gasteiger partial charge < -0.3 is 10.2 Å². The second-order valence-corrected chi connectivity index (χ2v) is 6.68. The Morgan fingerprint density at radius 3 is 2.57 bits per heavy atom. The van der Waals surface area contributed by atoms with Gasteiger partial charge in [0.2, 0.25) is 11.7 Å². The van der Waals surface area contributed by atoms with Gasteiger partial charge in [-0.05, 0) is 38.5 Å². The summed E-state index contributed by atoms with van der Waals surface area (Å²) in [4.78, 5) is 34.7. The largest absolute Gasteiger partial charge is 0.327 e. The molecule has 0 unspecified atom stereocenters. The number of nitrogens with one attached hydrogen (secondary N) is 1. The zero-order valence-electron chi connectivity index (χ0n) is 16.5. The Labute approximate surface area is 169 Å². The predicted molar refractivity (Wildman–Crippen MR) is 101 cm³/mol. The lowest BCUT2D eigenvalue weighted by molar-refractivity contribution is -0.116. The second-order valence-electron chi connectivity index (χ2n) is 6.68. The molecule has 0 atom stereocenters. The molecule has 0 aliphatic heterocycles. The molecule has 3 aromatic rings. The average molecular weight is 420 g/mol. The van der Waals surface area contributed by atoms with E-state index in [0.717, 1.165) is 11.8 Å². The van der Waals surface area contributed by atoms with Crippen LogP contribution in [0.5, 0.6) is 0 Å². The number of fused-ring (bicyclic) bond motifs is 1. The van der Waals surface area contributed by atoms with Crippen molar-refractivity contribution in [2.75, 3.05) is 18.4 Å². The Bertz CT molecular complexity index is 1130. The molecule has 0 saturated carbocycles. The highest BCUT2D eigenvalue weighted by molar-refractivity contribution is 5.97. The highest BCUT2D eigenvalue weighted by Gasteiger charge is 2.24. The van der Waals surface area contributed by atoms with Crippen LogP contribution in [-0.2, 0) is 4.79 Å². The van der Waals surface area contributed by atoms with Gasteiger partial charge in [-0.15, -0.1) is 5.10 Å². The van der Waals surface area contributed by atoms with Gasteiger partial charge in [0.15, 0.2) is 17.5 Å². The molecule has 0 aliphatic rings. The van der Waals surface area contributed by atoms with Crippen molar-refractivity contribution in [3.05, 3.63) is 52.9 Å². The van der Waals surface area contributed by atoms with Crippen LogP contribution in [0.15, 0.2) is 18.2 Å². The molecule has 158 valence electrons. The monoisotopic (exact) mass is 420 g/mol. The first-order chi connectivity index (χ1) is 14.2. The molecule has 3 rings (SSSR count). The van der Waals surface area contributed by atoms with Crippen molar-refractivity contribution in [2.45, 2.75) is 27.2 Å². The van der Waals surface area contributed by atoms with Gasteiger partial charge in [-0.1, -0.05) is 6.92 Å². The molecule has 1 N–H and O–H groups in total. The summed E-state index contributed by atoms with van der Waals surface area (Å²) in [6.45, 7) is 5.13. The highest BCUT2D eigenvalue weighted by Crippen LogP contribution is 2.19. The zero-order valence-corrected chi connectivity index (χ0v) is 16.5. The molecular weight excluding hydrogens is 401 g/mol. The minimum absolute atomic E-state index is 0.142. The van der Waals surface area contributed by atoms with E-state index < -0.39 is 41.5 Å². The van der Waals surface area contributed by atoms with Crippen molar-refractivity contribution >= 4 is 23.3 Å². The standard InChI is InChI=1S/C19H19F3N6O2/c1-4-7-27(9-14(29)24-13-6-5-12(20)15(21)16(13)22)18(30)17-25-19-23-10(2)8-11(3)28(19)26-17/h5-6,8H,4,7,9H2,1-3H3,(H,24,29). The van der Waals surface area contributed by atoms with E-state index in [9.17, 15) is 22.8 Å². The Hall–Kier alpha value is -3.50. The summed E-state index contributed by atoms with van der Waals surface area (Å²) in [5.74, 6) is -5.87. The average Bonchev–Trinajstić information content (AvgIpc) is 3.12. The summed E-state index contributed by atoms with van der Waals surface area (Å²) >= 11 is 0. The molecule has 0 saturated heterocycles. The lowest BCUT2D eigenvalue weighted by atomic mass is 10.2. The van der Waals surface area contributed by atoms with Crippen LogP contribution >= 0.6 is 0 Å². The number of aromatic nitrogens is 4. The molecule has 0 spiro atoms. The number of carbonyl (C=O) groups is 2. The summed E-state index contributed by atoms with van der Waals surface area (Å²) in [6.07, 6.45) is 0.530. The molecule has 2 amide bonds. The van der Waals surface area contributed by atoms with E-state index in [2.05, 4.69) is 20.4 Å². The highest BCUT2D eigenvalue weighted by atomic mass is 19.2. The van der Waals surface area contributed by atoms with Crippen molar-refractivity contribution in [1.82, 2.24) is 24.5 Å². The molecule has 30 heavy (non-hydrogen) atoms. The van der Waals surface area contributed by atoms with E-state index in [0.29, 0.717) is 18.2 Å². The zero-order chi connectivity index (χ0) is 22.0. The molecule has 1 aromatic carbocycles. The van der Waals surface area contributed by atoms with Crippen LogP contribution in [0.2, 0.25) is 0 Å². The Kier molecular flexibility index (Phi) is 5.99. The quantitative estimate of drug-likeness (QED) is 0.619. The van der Waals surface area contributed by atoms with E-state index in [1.54, 1.807) is 26.8 Å². The van der Waals surface area contributed by atoms with Gasteiger partial charge >= 0.3 is 0 Å². The maximum Gasteiger partial charge on any atom is 0.294 e. The molecule has 0 aliphatic carbocycles. The van der Waals surface area contributed by atoms with Crippen LogP contribution < -0.4 is 5.32 Å². The third-order valence-electron chi connectivity index (χ3n) is 4.23. The van der Waals surface area contributed by atoms with Gasteiger partial charge in [-0.25, -0.2) is 22.7 Å². The van der Waals surface area contributed by atoms with Crippen LogP contribution in [0.1, 0.15) is 35.4 Å². The fourth-order valence-corrected chi connectivity index (χ4v) is 2.91. The van der Waals surface area contributed by atoms with Crippen LogP contribution in [0.25, 0.3) is 5.78 Å². The molecule has 0 radical (unpaired) electrons. The predicted octanol–water partition coefficient (Wildman–Crippen LogP) is 2.65. The smallest absolute Gasteiger partial charge is 0.294 e. The number of rotatable bonds is 6. The van der Waals surface area contributed by atoms with Crippen LogP contribution in [0, 0.1) is 31.3 Å². The Morgan fingerprint density at radius 1 is 1.13 bits per heavy atom. The number of amides is 2. The number of aryl methyl sites for hydroxylation is 2. The first kappa shape index (κ1) is 21.2. The maximum absolute atomic E-state index is 13.8. The van der Waals surface area contributed by atoms with Crippen molar-refractivity contribution in [1.29, 1.82) is 0 Å². The van der Waals surface area contributed by atoms with Crippen molar-refractivity contribution in [2.24, 2.45) is 0 Å². The fraction of sp³-hybridized carbons (Fsp3) is 0.316. The molecule has 2 aromatic heterocycles. The number of hydrogen-bond acceptors (Lipinski definition) is 5. The minimum atomic E-state index is -1.69. The number of nitrogens with zero attached hydrogens (tertiary/aromatic N) is 5. The molecular formula is C19H19F3N6O2.